The maximum atomic E-state index is 11.2. The Morgan fingerprint density at radius 1 is 0.882 bits per heavy atom. The van der Waals surface area contributed by atoms with Gasteiger partial charge in [0.05, 0.1) is 19.0 Å². The van der Waals surface area contributed by atoms with Crippen LogP contribution in [0.2, 0.25) is 0 Å². The van der Waals surface area contributed by atoms with Gasteiger partial charge >= 0.3 is 0 Å². The van der Waals surface area contributed by atoms with Crippen LogP contribution in [0.1, 0.15) is 42.1 Å². The van der Waals surface area contributed by atoms with Gasteiger partial charge in [0.2, 0.25) is 0 Å². The second-order valence-electron chi connectivity index (χ2n) is 7.75. The molecule has 0 amide bonds. The summed E-state index contributed by atoms with van der Waals surface area (Å²) in [6, 6.07) is 10.6. The normalized spacial score (nSPS) is 12.3. The minimum atomic E-state index is -3.08. The van der Waals surface area contributed by atoms with Crippen LogP contribution in [0.3, 0.4) is 0 Å². The molecule has 0 heterocycles. The molecule has 192 valence electrons. The fraction of sp³-hybridized carbons (Fsp3) is 0.417. The largest absolute Gasteiger partial charge is 0.494 e. The van der Waals surface area contributed by atoms with Crippen molar-refractivity contribution in [2.75, 3.05) is 31.5 Å². The van der Waals surface area contributed by atoms with Gasteiger partial charge in [0.1, 0.15) is 21.3 Å². The van der Waals surface area contributed by atoms with Crippen LogP contribution < -0.4 is 21.4 Å². The molecule has 0 bridgehead atoms. The molecule has 0 saturated carbocycles. The highest BCUT2D eigenvalue weighted by atomic mass is 32.2. The lowest BCUT2D eigenvalue weighted by Gasteiger charge is -2.14. The zero-order chi connectivity index (χ0) is 25.2. The molecule has 34 heavy (non-hydrogen) atoms. The fourth-order valence-electron chi connectivity index (χ4n) is 2.81. The Morgan fingerprint density at radius 2 is 1.38 bits per heavy atom. The Hall–Kier alpha value is -2.40. The lowest BCUT2D eigenvalue weighted by atomic mass is 10.1. The van der Waals surface area contributed by atoms with Gasteiger partial charge in [-0.3, -0.25) is 0 Å². The van der Waals surface area contributed by atoms with E-state index in [2.05, 4.69) is 0 Å². The summed E-state index contributed by atoms with van der Waals surface area (Å²) in [6.45, 7) is 8.89. The van der Waals surface area contributed by atoms with Gasteiger partial charge in [-0.2, -0.15) is 0 Å². The summed E-state index contributed by atoms with van der Waals surface area (Å²) in [7, 11) is -6.15. The van der Waals surface area contributed by atoms with Gasteiger partial charge in [0, 0.05) is 24.0 Å². The van der Waals surface area contributed by atoms with Crippen molar-refractivity contribution in [1.82, 2.24) is 6.15 Å². The molecule has 0 aliphatic carbocycles. The first-order chi connectivity index (χ1) is 15.3. The average molecular weight is 515 g/mol. The summed E-state index contributed by atoms with van der Waals surface area (Å²) >= 11 is 0. The van der Waals surface area contributed by atoms with E-state index in [4.69, 9.17) is 15.2 Å². The number of benzene rings is 2. The molecule has 8 nitrogen and oxygen atoms in total. The van der Waals surface area contributed by atoms with Crippen molar-refractivity contribution in [3.05, 3.63) is 64.1 Å². The Morgan fingerprint density at radius 3 is 1.85 bits per heavy atom. The predicted molar refractivity (Wildman–Crippen MR) is 140 cm³/mol. The van der Waals surface area contributed by atoms with E-state index in [0.717, 1.165) is 33.8 Å². The van der Waals surface area contributed by atoms with E-state index in [1.54, 1.807) is 6.08 Å². The van der Waals surface area contributed by atoms with Gasteiger partial charge in [0.25, 0.3) is 0 Å². The third-order valence-corrected chi connectivity index (χ3v) is 6.04. The van der Waals surface area contributed by atoms with Crippen LogP contribution in [-0.4, -0.2) is 48.3 Å². The first-order valence-electron chi connectivity index (χ1n) is 10.5. The van der Waals surface area contributed by atoms with Gasteiger partial charge < -0.3 is 21.4 Å². The second kappa shape index (κ2) is 14.1. The molecule has 0 fully saturated rings. The monoisotopic (exact) mass is 514 g/mol. The fourth-order valence-corrected chi connectivity index (χ4v) is 4.06. The molecule has 1 unspecified atom stereocenters. The number of aryl methyl sites for hydroxylation is 2. The molecule has 0 aliphatic heterocycles. The number of hydrogen-bond acceptors (Lipinski definition) is 8. The predicted octanol–water partition coefficient (Wildman–Crippen LogP) is 4.01. The Bertz CT molecular complexity index is 1160. The standard InChI is InChI=1S/C12H19NO3S.C12H16O3S.H3N/c1-4-16-12-7-10(6-5-9(12)2)11(13)8-17(3,14)15;1-4-15-12-9-11(6-5-10(12)2)7-8-16(3,13)14;/h5-7,11H,4,8,13H2,1-3H3;5-9H,4H2,1-3H3;1H3/b;8-7+;. The summed E-state index contributed by atoms with van der Waals surface area (Å²) in [5, 5.41) is 1.19. The third-order valence-electron chi connectivity index (χ3n) is 4.44. The van der Waals surface area contributed by atoms with Crippen LogP contribution >= 0.6 is 0 Å². The summed E-state index contributed by atoms with van der Waals surface area (Å²) in [5.41, 5.74) is 9.52. The topological polar surface area (TPSA) is 148 Å². The van der Waals surface area contributed by atoms with Crippen LogP contribution in [0, 0.1) is 13.8 Å². The Kier molecular flexibility index (Phi) is 13.1. The van der Waals surface area contributed by atoms with E-state index in [1.165, 1.54) is 17.9 Å². The molecule has 0 saturated heterocycles. The van der Waals surface area contributed by atoms with Crippen molar-refractivity contribution >= 4 is 25.8 Å². The molecule has 10 heteroatoms. The summed E-state index contributed by atoms with van der Waals surface area (Å²) < 4.78 is 55.2. The second-order valence-corrected chi connectivity index (χ2v) is 11.9. The Balaban J connectivity index is 0.000000623. The van der Waals surface area contributed by atoms with Gasteiger partial charge in [-0.15, -0.1) is 0 Å². The van der Waals surface area contributed by atoms with E-state index < -0.39 is 25.7 Å². The first kappa shape index (κ1) is 31.6. The lowest BCUT2D eigenvalue weighted by Crippen LogP contribution is -2.20. The average Bonchev–Trinajstić information content (AvgIpc) is 2.69. The van der Waals surface area contributed by atoms with Gasteiger partial charge in [0.15, 0.2) is 9.84 Å². The van der Waals surface area contributed by atoms with Crippen molar-refractivity contribution in [2.45, 2.75) is 33.7 Å². The maximum Gasteiger partial charge on any atom is 0.168 e. The minimum Gasteiger partial charge on any atom is -0.494 e. The number of rotatable bonds is 9. The van der Waals surface area contributed by atoms with Crippen molar-refractivity contribution in [3.63, 3.8) is 0 Å². The number of sulfone groups is 2. The van der Waals surface area contributed by atoms with Crippen molar-refractivity contribution in [1.29, 1.82) is 0 Å². The SMILES string of the molecule is CCOc1cc(/C=C/S(C)(=O)=O)ccc1C.CCOc1cc(C(N)CS(C)(=O)=O)ccc1C.N. The van der Waals surface area contributed by atoms with Crippen LogP contribution in [0.25, 0.3) is 6.08 Å². The summed E-state index contributed by atoms with van der Waals surface area (Å²) in [5.74, 6) is 1.49. The molecule has 0 radical (unpaired) electrons. The van der Waals surface area contributed by atoms with Crippen LogP contribution in [0.15, 0.2) is 41.8 Å². The van der Waals surface area contributed by atoms with Crippen molar-refractivity contribution in [2.24, 2.45) is 5.73 Å². The lowest BCUT2D eigenvalue weighted by molar-refractivity contribution is 0.337. The summed E-state index contributed by atoms with van der Waals surface area (Å²) in [4.78, 5) is 0. The summed E-state index contributed by atoms with van der Waals surface area (Å²) in [6.07, 6.45) is 3.92. The van der Waals surface area contributed by atoms with E-state index in [0.29, 0.717) is 13.2 Å². The third kappa shape index (κ3) is 12.2. The van der Waals surface area contributed by atoms with E-state index >= 15 is 0 Å². The molecule has 0 spiro atoms. The van der Waals surface area contributed by atoms with E-state index in [1.807, 2.05) is 64.1 Å². The highest BCUT2D eigenvalue weighted by molar-refractivity contribution is 7.93. The van der Waals surface area contributed by atoms with Crippen molar-refractivity contribution < 1.29 is 26.3 Å². The molecular weight excluding hydrogens is 476 g/mol. The van der Waals surface area contributed by atoms with Crippen molar-refractivity contribution in [3.8, 4) is 11.5 Å². The molecule has 1 atom stereocenters. The van der Waals surface area contributed by atoms with E-state index in [9.17, 15) is 16.8 Å². The molecule has 2 aromatic carbocycles. The first-order valence-corrected chi connectivity index (χ1v) is 14.6. The minimum absolute atomic E-state index is 0. The molecule has 0 aromatic heterocycles. The quantitative estimate of drug-likeness (QED) is 0.510. The number of ether oxygens (including phenoxy) is 2. The smallest absolute Gasteiger partial charge is 0.168 e. The van der Waals surface area contributed by atoms with Crippen LogP contribution in [0.4, 0.5) is 0 Å². The van der Waals surface area contributed by atoms with Crippen LogP contribution in [0.5, 0.6) is 11.5 Å². The zero-order valence-electron chi connectivity index (χ0n) is 20.9. The van der Waals surface area contributed by atoms with Gasteiger partial charge in [-0.25, -0.2) is 16.8 Å². The Labute approximate surface area is 204 Å². The molecule has 0 aliphatic rings. The molecular formula is C24H38N2O6S2. The number of nitrogens with two attached hydrogens (primary N) is 1. The highest BCUT2D eigenvalue weighted by Crippen LogP contribution is 2.23. The van der Waals surface area contributed by atoms with E-state index in [-0.39, 0.29) is 11.9 Å². The maximum absolute atomic E-state index is 11.2. The zero-order valence-corrected chi connectivity index (χ0v) is 22.5. The highest BCUT2D eigenvalue weighted by Gasteiger charge is 2.14. The van der Waals surface area contributed by atoms with Crippen LogP contribution in [-0.2, 0) is 19.7 Å². The molecule has 2 rings (SSSR count). The van der Waals surface area contributed by atoms with Gasteiger partial charge in [-0.1, -0.05) is 24.3 Å². The van der Waals surface area contributed by atoms with Gasteiger partial charge in [-0.05, 0) is 68.2 Å². The molecule has 2 aromatic rings. The molecule has 5 N–H and O–H groups in total. The number of hydrogen-bond donors (Lipinski definition) is 2.